The number of nitrogens with zero attached hydrogens (tertiary/aromatic N) is 2. The number of aromatic nitrogens is 2. The van der Waals surface area contributed by atoms with E-state index in [0.29, 0.717) is 5.92 Å². The highest BCUT2D eigenvalue weighted by molar-refractivity contribution is 5.66. The quantitative estimate of drug-likeness (QED) is 0.771. The largest absolute Gasteiger partial charge is 0.361 e. The van der Waals surface area contributed by atoms with Gasteiger partial charge in [-0.25, -0.2) is 0 Å². The topological polar surface area (TPSA) is 38.9 Å². The highest BCUT2D eigenvalue weighted by Gasteiger charge is 2.11. The molecule has 0 aliphatic heterocycles. The molecule has 2 heterocycles. The summed E-state index contributed by atoms with van der Waals surface area (Å²) in [7, 11) is 0. The molecule has 3 nitrogen and oxygen atoms in total. The predicted molar refractivity (Wildman–Crippen MR) is 63.3 cm³/mol. The first-order valence-electron chi connectivity index (χ1n) is 5.48. The lowest BCUT2D eigenvalue weighted by molar-refractivity contribution is 0.393. The Balaban J connectivity index is 2.42. The van der Waals surface area contributed by atoms with Crippen LogP contribution >= 0.6 is 0 Å². The van der Waals surface area contributed by atoms with Gasteiger partial charge in [0.25, 0.3) is 0 Å². The first-order valence-corrected chi connectivity index (χ1v) is 5.48. The highest BCUT2D eigenvalue weighted by atomic mass is 16.5. The molecule has 16 heavy (non-hydrogen) atoms. The summed E-state index contributed by atoms with van der Waals surface area (Å²) >= 11 is 0. The molecule has 0 aliphatic carbocycles. The first-order chi connectivity index (χ1) is 7.59. The van der Waals surface area contributed by atoms with Gasteiger partial charge in [0.15, 0.2) is 0 Å². The van der Waals surface area contributed by atoms with Crippen LogP contribution in [-0.4, -0.2) is 10.1 Å². The maximum absolute atomic E-state index is 5.15. The minimum absolute atomic E-state index is 0.457. The third kappa shape index (κ3) is 1.85. The number of hydrogen-bond donors (Lipinski definition) is 0. The Labute approximate surface area is 95.5 Å². The van der Waals surface area contributed by atoms with Gasteiger partial charge in [0.2, 0.25) is 0 Å². The zero-order valence-electron chi connectivity index (χ0n) is 10.1. The maximum atomic E-state index is 5.15. The molecule has 0 unspecified atom stereocenters. The summed E-state index contributed by atoms with van der Waals surface area (Å²) in [5.41, 5.74) is 4.15. The van der Waals surface area contributed by atoms with Crippen molar-refractivity contribution in [3.05, 3.63) is 35.5 Å². The number of aryl methyl sites for hydroxylation is 2. The van der Waals surface area contributed by atoms with Crippen LogP contribution in [-0.2, 0) is 0 Å². The summed E-state index contributed by atoms with van der Waals surface area (Å²) in [6, 6.07) is 4.14. The van der Waals surface area contributed by atoms with Crippen LogP contribution < -0.4 is 0 Å². The molecular formula is C13H16N2O. The van der Waals surface area contributed by atoms with Crippen molar-refractivity contribution >= 4 is 0 Å². The second-order valence-corrected chi connectivity index (χ2v) is 4.33. The second-order valence-electron chi connectivity index (χ2n) is 4.33. The van der Waals surface area contributed by atoms with Crippen LogP contribution in [0.4, 0.5) is 0 Å². The molecular weight excluding hydrogens is 200 g/mol. The van der Waals surface area contributed by atoms with Crippen LogP contribution in [0.25, 0.3) is 11.1 Å². The predicted octanol–water partition coefficient (Wildman–Crippen LogP) is 3.48. The zero-order chi connectivity index (χ0) is 11.7. The molecule has 0 saturated carbocycles. The van der Waals surface area contributed by atoms with Gasteiger partial charge in [-0.05, 0) is 25.8 Å². The van der Waals surface area contributed by atoms with E-state index >= 15 is 0 Å². The van der Waals surface area contributed by atoms with E-state index in [2.05, 4.69) is 36.1 Å². The van der Waals surface area contributed by atoms with Crippen LogP contribution in [0.1, 0.15) is 36.9 Å². The summed E-state index contributed by atoms with van der Waals surface area (Å²) in [6.45, 7) is 8.14. The van der Waals surface area contributed by atoms with Gasteiger partial charge in [-0.3, -0.25) is 4.98 Å². The van der Waals surface area contributed by atoms with Crippen LogP contribution in [0.3, 0.4) is 0 Å². The van der Waals surface area contributed by atoms with E-state index in [9.17, 15) is 0 Å². The second kappa shape index (κ2) is 4.08. The molecule has 2 rings (SSSR count). The van der Waals surface area contributed by atoms with Gasteiger partial charge >= 0.3 is 0 Å². The monoisotopic (exact) mass is 216 g/mol. The Bertz CT molecular complexity index is 464. The average molecular weight is 216 g/mol. The summed E-state index contributed by atoms with van der Waals surface area (Å²) in [5.74, 6) is 1.30. The van der Waals surface area contributed by atoms with Crippen LogP contribution in [0.2, 0.25) is 0 Å². The van der Waals surface area contributed by atoms with E-state index in [1.807, 2.05) is 20.0 Å². The molecule has 2 aromatic rings. The molecule has 0 saturated heterocycles. The van der Waals surface area contributed by atoms with E-state index in [-0.39, 0.29) is 0 Å². The van der Waals surface area contributed by atoms with E-state index < -0.39 is 0 Å². The van der Waals surface area contributed by atoms with Crippen LogP contribution in [0.15, 0.2) is 22.9 Å². The van der Waals surface area contributed by atoms with Crippen molar-refractivity contribution in [2.45, 2.75) is 33.6 Å². The van der Waals surface area contributed by atoms with Crippen molar-refractivity contribution in [1.82, 2.24) is 10.1 Å². The Hall–Kier alpha value is -1.64. The molecule has 0 N–H and O–H groups in total. The maximum Gasteiger partial charge on any atom is 0.141 e. The molecule has 0 aliphatic rings. The molecule has 84 valence electrons. The number of hydrogen-bond acceptors (Lipinski definition) is 3. The number of rotatable bonds is 2. The highest BCUT2D eigenvalue weighted by Crippen LogP contribution is 2.26. The molecule has 0 bridgehead atoms. The van der Waals surface area contributed by atoms with Gasteiger partial charge in [0, 0.05) is 23.0 Å². The number of pyridine rings is 1. The minimum Gasteiger partial charge on any atom is -0.361 e. The van der Waals surface area contributed by atoms with E-state index in [1.165, 1.54) is 0 Å². The fourth-order valence-corrected chi connectivity index (χ4v) is 1.79. The molecule has 0 atom stereocenters. The van der Waals surface area contributed by atoms with Crippen molar-refractivity contribution < 1.29 is 4.52 Å². The molecule has 0 radical (unpaired) electrons. The minimum atomic E-state index is 0.457. The van der Waals surface area contributed by atoms with Gasteiger partial charge < -0.3 is 4.52 Å². The van der Waals surface area contributed by atoms with Gasteiger partial charge in [-0.15, -0.1) is 0 Å². The van der Waals surface area contributed by atoms with Gasteiger partial charge in [-0.2, -0.15) is 0 Å². The Morgan fingerprint density at radius 1 is 1.19 bits per heavy atom. The van der Waals surface area contributed by atoms with Crippen molar-refractivity contribution in [2.75, 3.05) is 0 Å². The first kappa shape index (κ1) is 10.9. The third-order valence-corrected chi connectivity index (χ3v) is 2.70. The smallest absolute Gasteiger partial charge is 0.141 e. The summed E-state index contributed by atoms with van der Waals surface area (Å²) in [5, 5.41) is 3.95. The third-order valence-electron chi connectivity index (χ3n) is 2.70. The van der Waals surface area contributed by atoms with Gasteiger partial charge in [-0.1, -0.05) is 25.1 Å². The Kier molecular flexibility index (Phi) is 2.77. The standard InChI is InChI=1S/C13H16N2O/c1-8(2)12-6-5-11(7-14-12)13-9(3)15-16-10(13)4/h5-8H,1-4H3. The van der Waals surface area contributed by atoms with Gasteiger partial charge in [0.1, 0.15) is 5.76 Å². The van der Waals surface area contributed by atoms with Crippen molar-refractivity contribution in [2.24, 2.45) is 0 Å². The van der Waals surface area contributed by atoms with Crippen molar-refractivity contribution in [3.8, 4) is 11.1 Å². The molecule has 0 aromatic carbocycles. The molecule has 0 fully saturated rings. The summed E-state index contributed by atoms with van der Waals surface area (Å²) in [6.07, 6.45) is 1.89. The fraction of sp³-hybridized carbons (Fsp3) is 0.385. The summed E-state index contributed by atoms with van der Waals surface area (Å²) < 4.78 is 5.15. The van der Waals surface area contributed by atoms with Gasteiger partial charge in [0.05, 0.1) is 5.69 Å². The van der Waals surface area contributed by atoms with E-state index in [4.69, 9.17) is 4.52 Å². The van der Waals surface area contributed by atoms with E-state index in [0.717, 1.165) is 28.3 Å². The molecule has 0 spiro atoms. The molecule has 2 aromatic heterocycles. The van der Waals surface area contributed by atoms with Crippen molar-refractivity contribution in [3.63, 3.8) is 0 Å². The van der Waals surface area contributed by atoms with Crippen LogP contribution in [0.5, 0.6) is 0 Å². The lowest BCUT2D eigenvalue weighted by Crippen LogP contribution is -1.92. The fourth-order valence-electron chi connectivity index (χ4n) is 1.79. The average Bonchev–Trinajstić information content (AvgIpc) is 2.59. The Morgan fingerprint density at radius 2 is 1.94 bits per heavy atom. The molecule has 0 amide bonds. The molecule has 3 heteroatoms. The Morgan fingerprint density at radius 3 is 2.38 bits per heavy atom. The normalized spacial score (nSPS) is 11.1. The lowest BCUT2D eigenvalue weighted by atomic mass is 10.0. The zero-order valence-corrected chi connectivity index (χ0v) is 10.1. The van der Waals surface area contributed by atoms with Crippen LogP contribution in [0, 0.1) is 13.8 Å². The summed E-state index contributed by atoms with van der Waals surface area (Å²) in [4.78, 5) is 4.45. The van der Waals surface area contributed by atoms with Crippen molar-refractivity contribution in [1.29, 1.82) is 0 Å². The van der Waals surface area contributed by atoms with E-state index in [1.54, 1.807) is 0 Å². The lowest BCUT2D eigenvalue weighted by Gasteiger charge is -2.05. The SMILES string of the molecule is Cc1noc(C)c1-c1ccc(C(C)C)nc1.